The highest BCUT2D eigenvalue weighted by Gasteiger charge is 2.19. The Kier molecular flexibility index (Phi) is 7.55. The molecule has 0 bridgehead atoms. The number of rotatable bonds is 9. The van der Waals surface area contributed by atoms with Gasteiger partial charge >= 0.3 is 0 Å². The molecule has 5 nitrogen and oxygen atoms in total. The summed E-state index contributed by atoms with van der Waals surface area (Å²) in [7, 11) is 1.60. The summed E-state index contributed by atoms with van der Waals surface area (Å²) in [5.74, 6) is -0.121. The molecule has 2 amide bonds. The number of benzene rings is 2. The quantitative estimate of drug-likeness (QED) is 0.546. The van der Waals surface area contributed by atoms with Crippen LogP contribution in [0.15, 0.2) is 72.1 Å². The predicted molar refractivity (Wildman–Crippen MR) is 116 cm³/mol. The summed E-state index contributed by atoms with van der Waals surface area (Å²) in [6.07, 6.45) is 0.254. The molecule has 3 rings (SSSR count). The Morgan fingerprint density at radius 2 is 1.79 bits per heavy atom. The number of methoxy groups -OCH3 is 1. The highest BCUT2D eigenvalue weighted by atomic mass is 32.1. The third-order valence-corrected chi connectivity index (χ3v) is 5.23. The summed E-state index contributed by atoms with van der Waals surface area (Å²) < 4.78 is 4.95. The lowest BCUT2D eigenvalue weighted by Crippen LogP contribution is -2.30. The van der Waals surface area contributed by atoms with Gasteiger partial charge in [-0.3, -0.25) is 9.59 Å². The molecule has 29 heavy (non-hydrogen) atoms. The van der Waals surface area contributed by atoms with Crippen molar-refractivity contribution in [2.75, 3.05) is 25.2 Å². The third kappa shape index (κ3) is 6.01. The van der Waals surface area contributed by atoms with Gasteiger partial charge in [-0.05, 0) is 34.7 Å². The minimum absolute atomic E-state index is 0.0504. The highest BCUT2D eigenvalue weighted by Crippen LogP contribution is 2.23. The monoisotopic (exact) mass is 408 g/mol. The van der Waals surface area contributed by atoms with Crippen LogP contribution in [0.3, 0.4) is 0 Å². The van der Waals surface area contributed by atoms with Crippen molar-refractivity contribution in [3.05, 3.63) is 88.1 Å². The minimum Gasteiger partial charge on any atom is -0.383 e. The second-order valence-electron chi connectivity index (χ2n) is 6.54. The van der Waals surface area contributed by atoms with Gasteiger partial charge in [0.1, 0.15) is 0 Å². The van der Waals surface area contributed by atoms with Crippen molar-refractivity contribution in [1.82, 2.24) is 5.32 Å². The smallest absolute Gasteiger partial charge is 0.268 e. The molecule has 2 aromatic carbocycles. The number of carbonyl (C=O) groups excluding carboxylic acids is 2. The summed E-state index contributed by atoms with van der Waals surface area (Å²) in [5.41, 5.74) is 2.67. The van der Waals surface area contributed by atoms with Crippen molar-refractivity contribution in [3.63, 3.8) is 0 Å². The number of hydrogen-bond acceptors (Lipinski definition) is 4. The van der Waals surface area contributed by atoms with Crippen molar-refractivity contribution < 1.29 is 14.3 Å². The zero-order chi connectivity index (χ0) is 20.5. The first-order chi connectivity index (χ1) is 14.2. The van der Waals surface area contributed by atoms with E-state index < -0.39 is 0 Å². The molecule has 0 aliphatic carbocycles. The van der Waals surface area contributed by atoms with Gasteiger partial charge in [0.05, 0.1) is 24.4 Å². The number of anilines is 1. The molecule has 0 spiro atoms. The largest absolute Gasteiger partial charge is 0.383 e. The normalized spacial score (nSPS) is 10.5. The van der Waals surface area contributed by atoms with Crippen LogP contribution in [0.5, 0.6) is 0 Å². The molecular weight excluding hydrogens is 384 g/mol. The van der Waals surface area contributed by atoms with Crippen LogP contribution < -0.4 is 10.2 Å². The number of nitrogens with zero attached hydrogens (tertiary/aromatic N) is 1. The molecule has 0 radical (unpaired) electrons. The number of hydrogen-bond donors (Lipinski definition) is 1. The summed E-state index contributed by atoms with van der Waals surface area (Å²) in [4.78, 5) is 27.7. The zero-order valence-corrected chi connectivity index (χ0v) is 17.2. The standard InChI is InChI=1S/C23H24N2O3S/c1-28-13-12-24-22(26)16-19-9-5-10-20(15-19)25(17-18-7-3-2-4-8-18)23(27)21-11-6-14-29-21/h2-11,14-15H,12-13,16-17H2,1H3,(H,24,26). The molecule has 0 saturated carbocycles. The van der Waals surface area contributed by atoms with Gasteiger partial charge in [-0.2, -0.15) is 0 Å². The SMILES string of the molecule is COCCNC(=O)Cc1cccc(N(Cc2ccccc2)C(=O)c2cccs2)c1. The van der Waals surface area contributed by atoms with E-state index >= 15 is 0 Å². The first-order valence-electron chi connectivity index (χ1n) is 9.41. The fourth-order valence-corrected chi connectivity index (χ4v) is 3.63. The second-order valence-corrected chi connectivity index (χ2v) is 7.49. The van der Waals surface area contributed by atoms with Gasteiger partial charge in [0.25, 0.3) is 5.91 Å². The molecule has 0 atom stereocenters. The van der Waals surface area contributed by atoms with Gasteiger partial charge in [-0.1, -0.05) is 48.5 Å². The van der Waals surface area contributed by atoms with E-state index in [0.29, 0.717) is 24.6 Å². The van der Waals surface area contributed by atoms with E-state index in [0.717, 1.165) is 16.8 Å². The molecule has 1 N–H and O–H groups in total. The van der Waals surface area contributed by atoms with Crippen LogP contribution in [0.4, 0.5) is 5.69 Å². The molecule has 0 saturated heterocycles. The Morgan fingerprint density at radius 3 is 2.52 bits per heavy atom. The lowest BCUT2D eigenvalue weighted by Gasteiger charge is -2.23. The first-order valence-corrected chi connectivity index (χ1v) is 10.3. The van der Waals surface area contributed by atoms with Gasteiger partial charge in [0.2, 0.25) is 5.91 Å². The lowest BCUT2D eigenvalue weighted by molar-refractivity contribution is -0.120. The van der Waals surface area contributed by atoms with Crippen LogP contribution in [-0.2, 0) is 22.5 Å². The molecule has 0 unspecified atom stereocenters. The molecule has 3 aromatic rings. The highest BCUT2D eigenvalue weighted by molar-refractivity contribution is 7.12. The lowest BCUT2D eigenvalue weighted by atomic mass is 10.1. The van der Waals surface area contributed by atoms with E-state index in [-0.39, 0.29) is 18.2 Å². The average molecular weight is 409 g/mol. The number of amides is 2. The van der Waals surface area contributed by atoms with Gasteiger partial charge in [-0.15, -0.1) is 11.3 Å². The maximum Gasteiger partial charge on any atom is 0.268 e. The fourth-order valence-electron chi connectivity index (χ4n) is 2.95. The van der Waals surface area contributed by atoms with E-state index in [1.165, 1.54) is 11.3 Å². The van der Waals surface area contributed by atoms with Crippen molar-refractivity contribution in [2.24, 2.45) is 0 Å². The van der Waals surface area contributed by atoms with Crippen molar-refractivity contribution in [3.8, 4) is 0 Å². The van der Waals surface area contributed by atoms with Gasteiger partial charge in [-0.25, -0.2) is 0 Å². The fraction of sp³-hybridized carbons (Fsp3) is 0.217. The molecule has 150 valence electrons. The van der Waals surface area contributed by atoms with Crippen LogP contribution in [0, 0.1) is 0 Å². The third-order valence-electron chi connectivity index (χ3n) is 4.38. The van der Waals surface area contributed by atoms with Crippen molar-refractivity contribution >= 4 is 28.8 Å². The van der Waals surface area contributed by atoms with Crippen LogP contribution in [0.2, 0.25) is 0 Å². The van der Waals surface area contributed by atoms with Crippen molar-refractivity contribution in [1.29, 1.82) is 0 Å². The van der Waals surface area contributed by atoms with Crippen molar-refractivity contribution in [2.45, 2.75) is 13.0 Å². The molecule has 1 heterocycles. The summed E-state index contributed by atoms with van der Waals surface area (Å²) in [6, 6.07) is 21.2. The van der Waals surface area contributed by atoms with Crippen LogP contribution in [-0.4, -0.2) is 32.1 Å². The van der Waals surface area contributed by atoms with Crippen LogP contribution >= 0.6 is 11.3 Å². The van der Waals surface area contributed by atoms with E-state index in [9.17, 15) is 9.59 Å². The topological polar surface area (TPSA) is 58.6 Å². The maximum atomic E-state index is 13.2. The van der Waals surface area contributed by atoms with Gasteiger partial charge < -0.3 is 15.0 Å². The molecule has 6 heteroatoms. The molecule has 0 fully saturated rings. The molecule has 1 aromatic heterocycles. The summed E-state index contributed by atoms with van der Waals surface area (Å²) >= 11 is 1.42. The van der Waals surface area contributed by atoms with Crippen LogP contribution in [0.25, 0.3) is 0 Å². The Labute approximate surface area is 174 Å². The maximum absolute atomic E-state index is 13.2. The number of carbonyl (C=O) groups is 2. The Bertz CT molecular complexity index is 926. The first kappa shape index (κ1) is 20.8. The Hall–Kier alpha value is -2.96. The number of ether oxygens (including phenoxy) is 1. The minimum atomic E-state index is -0.0709. The summed E-state index contributed by atoms with van der Waals surface area (Å²) in [6.45, 7) is 1.42. The Morgan fingerprint density at radius 1 is 1.00 bits per heavy atom. The van der Waals surface area contributed by atoms with Gasteiger partial charge in [0, 0.05) is 19.3 Å². The molecule has 0 aliphatic heterocycles. The van der Waals surface area contributed by atoms with Gasteiger partial charge in [0.15, 0.2) is 0 Å². The van der Waals surface area contributed by atoms with E-state index in [1.807, 2.05) is 72.1 Å². The number of nitrogens with one attached hydrogen (secondary N) is 1. The molecular formula is C23H24N2O3S. The average Bonchev–Trinajstić information content (AvgIpc) is 3.28. The number of thiophene rings is 1. The van der Waals surface area contributed by atoms with E-state index in [4.69, 9.17) is 4.74 Å². The Balaban J connectivity index is 1.81. The predicted octanol–water partition coefficient (Wildman–Crippen LogP) is 3.90. The zero-order valence-electron chi connectivity index (χ0n) is 16.3. The van der Waals surface area contributed by atoms with Crippen LogP contribution in [0.1, 0.15) is 20.8 Å². The summed E-state index contributed by atoms with van der Waals surface area (Å²) in [5, 5.41) is 4.72. The van der Waals surface area contributed by atoms with E-state index in [2.05, 4.69) is 5.32 Å². The second kappa shape index (κ2) is 10.5. The van der Waals surface area contributed by atoms with E-state index in [1.54, 1.807) is 12.0 Å². The molecule has 0 aliphatic rings.